The highest BCUT2D eigenvalue weighted by atomic mass is 16.4. The Kier molecular flexibility index (Phi) is 3.26. The summed E-state index contributed by atoms with van der Waals surface area (Å²) in [5.41, 5.74) is 0.893. The molecule has 1 fully saturated rings. The van der Waals surface area contributed by atoms with Gasteiger partial charge in [0.25, 0.3) is 0 Å². The summed E-state index contributed by atoms with van der Waals surface area (Å²) < 4.78 is 0. The number of rotatable bonds is 3. The number of carboxylic acid groups (broad SMARTS) is 1. The summed E-state index contributed by atoms with van der Waals surface area (Å²) in [6, 6.07) is 1.84. The van der Waals surface area contributed by atoms with E-state index in [0.29, 0.717) is 5.82 Å². The van der Waals surface area contributed by atoms with Gasteiger partial charge in [-0.05, 0) is 26.7 Å². The number of anilines is 1. The number of carbonyl (C=O) groups is 1. The molecule has 0 bridgehead atoms. The average molecular weight is 235 g/mol. The van der Waals surface area contributed by atoms with Gasteiger partial charge in [-0.15, -0.1) is 0 Å². The number of nitrogens with one attached hydrogen (secondary N) is 1. The first kappa shape index (κ1) is 11.8. The van der Waals surface area contributed by atoms with Gasteiger partial charge in [0, 0.05) is 17.8 Å². The predicted octanol–water partition coefficient (Wildman–Crippen LogP) is 1.76. The van der Waals surface area contributed by atoms with Crippen LogP contribution >= 0.6 is 0 Å². The number of hydrogen-bond donors (Lipinski definition) is 2. The van der Waals surface area contributed by atoms with Gasteiger partial charge in [0.1, 0.15) is 11.6 Å². The minimum absolute atomic E-state index is 0.0128. The van der Waals surface area contributed by atoms with Crippen LogP contribution in [0.15, 0.2) is 6.07 Å². The molecule has 2 N–H and O–H groups in total. The molecule has 0 aliphatic heterocycles. The number of aryl methyl sites for hydroxylation is 2. The second-order valence-electron chi connectivity index (χ2n) is 4.57. The van der Waals surface area contributed by atoms with Gasteiger partial charge in [-0.2, -0.15) is 0 Å². The molecule has 1 saturated carbocycles. The van der Waals surface area contributed by atoms with E-state index in [0.717, 1.165) is 30.8 Å². The summed E-state index contributed by atoms with van der Waals surface area (Å²) in [5, 5.41) is 12.3. The fraction of sp³-hybridized carbons (Fsp3) is 0.583. The standard InChI is InChI=1S/C12H17N3O2/c1-7-6-11(14-8(2)13-7)15-10-5-3-4-9(10)12(16)17/h6,9-10H,3-5H2,1-2H3,(H,16,17)(H,13,14,15). The molecule has 2 unspecified atom stereocenters. The molecular formula is C12H17N3O2. The number of aromatic nitrogens is 2. The zero-order chi connectivity index (χ0) is 12.4. The van der Waals surface area contributed by atoms with Crippen molar-refractivity contribution < 1.29 is 9.90 Å². The molecule has 0 spiro atoms. The molecule has 0 amide bonds. The number of carboxylic acids is 1. The maximum atomic E-state index is 11.1. The highest BCUT2D eigenvalue weighted by Crippen LogP contribution is 2.28. The maximum Gasteiger partial charge on any atom is 0.308 e. The summed E-state index contributed by atoms with van der Waals surface area (Å²) in [7, 11) is 0. The van der Waals surface area contributed by atoms with E-state index in [2.05, 4.69) is 15.3 Å². The molecule has 2 atom stereocenters. The lowest BCUT2D eigenvalue weighted by molar-refractivity contribution is -0.141. The third kappa shape index (κ3) is 2.72. The summed E-state index contributed by atoms with van der Waals surface area (Å²) in [5.74, 6) is 0.415. The van der Waals surface area contributed by atoms with E-state index in [1.54, 1.807) is 0 Å². The molecule has 1 heterocycles. The molecular weight excluding hydrogens is 218 g/mol. The van der Waals surface area contributed by atoms with Crippen LogP contribution in [0.3, 0.4) is 0 Å². The summed E-state index contributed by atoms with van der Waals surface area (Å²) in [4.78, 5) is 19.5. The average Bonchev–Trinajstić information content (AvgIpc) is 2.63. The SMILES string of the molecule is Cc1cc(NC2CCCC2C(=O)O)nc(C)n1. The molecule has 17 heavy (non-hydrogen) atoms. The second kappa shape index (κ2) is 4.69. The van der Waals surface area contributed by atoms with Crippen LogP contribution in [0, 0.1) is 19.8 Å². The minimum atomic E-state index is -0.720. The molecule has 1 aromatic rings. The van der Waals surface area contributed by atoms with Crippen LogP contribution in [-0.2, 0) is 4.79 Å². The van der Waals surface area contributed by atoms with Crippen LogP contribution in [0.2, 0.25) is 0 Å². The van der Waals surface area contributed by atoms with Crippen LogP contribution in [0.1, 0.15) is 30.8 Å². The Bertz CT molecular complexity index is 414. The lowest BCUT2D eigenvalue weighted by Gasteiger charge is -2.18. The summed E-state index contributed by atoms with van der Waals surface area (Å²) >= 11 is 0. The molecule has 5 nitrogen and oxygen atoms in total. The van der Waals surface area contributed by atoms with Crippen LogP contribution in [0.4, 0.5) is 5.82 Å². The molecule has 0 aromatic carbocycles. The van der Waals surface area contributed by atoms with Gasteiger partial charge in [0.15, 0.2) is 0 Å². The molecule has 0 saturated heterocycles. The van der Waals surface area contributed by atoms with Crippen molar-refractivity contribution in [2.45, 2.75) is 39.2 Å². The van der Waals surface area contributed by atoms with Gasteiger partial charge in [0.05, 0.1) is 5.92 Å². The van der Waals surface area contributed by atoms with Crippen LogP contribution in [0.5, 0.6) is 0 Å². The van der Waals surface area contributed by atoms with Crippen molar-refractivity contribution in [3.63, 3.8) is 0 Å². The van der Waals surface area contributed by atoms with Crippen molar-refractivity contribution in [2.24, 2.45) is 5.92 Å². The van der Waals surface area contributed by atoms with E-state index >= 15 is 0 Å². The van der Waals surface area contributed by atoms with Gasteiger partial charge in [-0.3, -0.25) is 4.79 Å². The van der Waals surface area contributed by atoms with E-state index in [1.165, 1.54) is 0 Å². The lowest BCUT2D eigenvalue weighted by atomic mass is 10.0. The van der Waals surface area contributed by atoms with E-state index < -0.39 is 5.97 Å². The van der Waals surface area contributed by atoms with Crippen LogP contribution in [0.25, 0.3) is 0 Å². The Labute approximate surface area is 100 Å². The summed E-state index contributed by atoms with van der Waals surface area (Å²) in [6.07, 6.45) is 2.59. The minimum Gasteiger partial charge on any atom is -0.481 e. The Morgan fingerprint density at radius 3 is 2.82 bits per heavy atom. The second-order valence-corrected chi connectivity index (χ2v) is 4.57. The quantitative estimate of drug-likeness (QED) is 0.835. The first-order chi connectivity index (χ1) is 8.06. The topological polar surface area (TPSA) is 75.1 Å². The first-order valence-corrected chi connectivity index (χ1v) is 5.88. The highest BCUT2D eigenvalue weighted by Gasteiger charge is 2.32. The Morgan fingerprint density at radius 1 is 1.41 bits per heavy atom. The van der Waals surface area contributed by atoms with Crippen molar-refractivity contribution in [3.05, 3.63) is 17.6 Å². The smallest absolute Gasteiger partial charge is 0.308 e. The molecule has 1 aliphatic rings. The van der Waals surface area contributed by atoms with E-state index in [4.69, 9.17) is 5.11 Å². The first-order valence-electron chi connectivity index (χ1n) is 5.88. The fourth-order valence-electron chi connectivity index (χ4n) is 2.41. The van der Waals surface area contributed by atoms with Crippen molar-refractivity contribution in [1.82, 2.24) is 9.97 Å². The van der Waals surface area contributed by atoms with Crippen molar-refractivity contribution in [2.75, 3.05) is 5.32 Å². The van der Waals surface area contributed by atoms with Crippen LogP contribution in [-0.4, -0.2) is 27.1 Å². The van der Waals surface area contributed by atoms with Crippen molar-refractivity contribution in [3.8, 4) is 0 Å². The highest BCUT2D eigenvalue weighted by molar-refractivity contribution is 5.72. The Balaban J connectivity index is 2.12. The zero-order valence-corrected chi connectivity index (χ0v) is 10.1. The zero-order valence-electron chi connectivity index (χ0n) is 10.1. The van der Waals surface area contributed by atoms with Gasteiger partial charge in [-0.25, -0.2) is 9.97 Å². The Morgan fingerprint density at radius 2 is 2.18 bits per heavy atom. The molecule has 5 heteroatoms. The number of aliphatic carboxylic acids is 1. The van der Waals surface area contributed by atoms with E-state index in [-0.39, 0.29) is 12.0 Å². The monoisotopic (exact) mass is 235 g/mol. The third-order valence-electron chi connectivity index (χ3n) is 3.13. The predicted molar refractivity (Wildman–Crippen MR) is 63.9 cm³/mol. The van der Waals surface area contributed by atoms with Gasteiger partial charge < -0.3 is 10.4 Å². The van der Waals surface area contributed by atoms with Crippen LogP contribution < -0.4 is 5.32 Å². The fourth-order valence-corrected chi connectivity index (χ4v) is 2.41. The molecule has 1 aliphatic carbocycles. The molecule has 1 aromatic heterocycles. The van der Waals surface area contributed by atoms with Gasteiger partial charge in [0.2, 0.25) is 0 Å². The molecule has 2 rings (SSSR count). The molecule has 0 radical (unpaired) electrons. The number of hydrogen-bond acceptors (Lipinski definition) is 4. The summed E-state index contributed by atoms with van der Waals surface area (Å²) in [6.45, 7) is 3.74. The van der Waals surface area contributed by atoms with Crippen molar-refractivity contribution >= 4 is 11.8 Å². The van der Waals surface area contributed by atoms with Crippen molar-refractivity contribution in [1.29, 1.82) is 0 Å². The van der Waals surface area contributed by atoms with E-state index in [9.17, 15) is 4.79 Å². The maximum absolute atomic E-state index is 11.1. The van der Waals surface area contributed by atoms with E-state index in [1.807, 2.05) is 19.9 Å². The largest absolute Gasteiger partial charge is 0.481 e. The Hall–Kier alpha value is -1.65. The van der Waals surface area contributed by atoms with Gasteiger partial charge >= 0.3 is 5.97 Å². The number of nitrogens with zero attached hydrogens (tertiary/aromatic N) is 2. The molecule has 92 valence electrons. The van der Waals surface area contributed by atoms with Gasteiger partial charge in [-0.1, -0.05) is 6.42 Å². The normalized spacial score (nSPS) is 23.6. The lowest BCUT2D eigenvalue weighted by Crippen LogP contribution is -2.30. The third-order valence-corrected chi connectivity index (χ3v) is 3.13.